The van der Waals surface area contributed by atoms with Gasteiger partial charge in [-0.15, -0.1) is 5.10 Å². The molecule has 1 unspecified atom stereocenters. The Morgan fingerprint density at radius 3 is 2.77 bits per heavy atom. The van der Waals surface area contributed by atoms with Gasteiger partial charge in [-0.3, -0.25) is 4.18 Å². The number of nitrogens with one attached hydrogen (secondary N) is 2. The lowest BCUT2D eigenvalue weighted by Crippen LogP contribution is -2.41. The Morgan fingerprint density at radius 1 is 1.38 bits per heavy atom. The van der Waals surface area contributed by atoms with Crippen molar-refractivity contribution in [1.29, 1.82) is 0 Å². The van der Waals surface area contributed by atoms with Gasteiger partial charge in [-0.05, 0) is 6.07 Å². The minimum absolute atomic E-state index is 0.136. The van der Waals surface area contributed by atoms with Gasteiger partial charge in [-0.1, -0.05) is 6.07 Å². The molecule has 0 radical (unpaired) electrons. The Labute approximate surface area is 147 Å². The molecule has 2 heterocycles. The molecule has 2 aromatic heterocycles. The fourth-order valence-corrected chi connectivity index (χ4v) is 3.47. The summed E-state index contributed by atoms with van der Waals surface area (Å²) >= 11 is 0. The van der Waals surface area contributed by atoms with Crippen molar-refractivity contribution in [3.63, 3.8) is 0 Å². The smallest absolute Gasteiger partial charge is 0.256 e. The van der Waals surface area contributed by atoms with Gasteiger partial charge >= 0.3 is 0 Å². The number of aromatic amines is 2. The average molecular weight is 385 g/mol. The van der Waals surface area contributed by atoms with E-state index < -0.39 is 27.4 Å². The van der Waals surface area contributed by atoms with Crippen LogP contribution in [0.4, 0.5) is 8.78 Å². The summed E-state index contributed by atoms with van der Waals surface area (Å²) in [6.07, 6.45) is 4.63. The largest absolute Gasteiger partial charge is 0.265 e. The topological polar surface area (TPSA) is 117 Å². The van der Waals surface area contributed by atoms with Crippen molar-refractivity contribution in [2.24, 2.45) is 0 Å². The molecule has 0 bridgehead atoms. The van der Waals surface area contributed by atoms with Crippen molar-refractivity contribution in [2.75, 3.05) is 6.26 Å². The number of hydrogen-bond acceptors (Lipinski definition) is 6. The average Bonchev–Trinajstić information content (AvgIpc) is 3.19. The fourth-order valence-electron chi connectivity index (χ4n) is 2.69. The Kier molecular flexibility index (Phi) is 4.78. The molecule has 0 spiro atoms. The highest BCUT2D eigenvalue weighted by Gasteiger charge is 2.42. The molecule has 3 rings (SSSR count). The van der Waals surface area contributed by atoms with Gasteiger partial charge in [0.05, 0.1) is 19.2 Å². The molecule has 138 valence electrons. The second kappa shape index (κ2) is 6.88. The molecule has 0 fully saturated rings. The van der Waals surface area contributed by atoms with Gasteiger partial charge in [0.1, 0.15) is 29.9 Å². The maximum atomic E-state index is 14.6. The van der Waals surface area contributed by atoms with E-state index in [9.17, 15) is 17.2 Å². The van der Waals surface area contributed by atoms with Crippen LogP contribution in [0.25, 0.3) is 0 Å². The molecule has 0 aliphatic rings. The monoisotopic (exact) mass is 385 g/mol. The Bertz CT molecular complexity index is 940. The van der Waals surface area contributed by atoms with E-state index >= 15 is 0 Å². The highest BCUT2D eigenvalue weighted by atomic mass is 32.2. The van der Waals surface area contributed by atoms with Crippen LogP contribution in [0.1, 0.15) is 11.4 Å². The maximum Gasteiger partial charge on any atom is 0.265 e. The fraction of sp³-hybridized carbons (Fsp3) is 0.286. The van der Waals surface area contributed by atoms with Crippen molar-refractivity contribution in [2.45, 2.75) is 18.6 Å². The molecule has 0 saturated heterocycles. The van der Waals surface area contributed by atoms with Gasteiger partial charge < -0.3 is 0 Å². The highest BCUT2D eigenvalue weighted by molar-refractivity contribution is 7.86. The quantitative estimate of drug-likeness (QED) is 0.581. The lowest BCUT2D eigenvalue weighted by Gasteiger charge is -2.31. The standard InChI is InChI=1S/C14H14F2N6O3S/c1-26(23,24)25-14(5-13-18-8-19-21-13,6-22-9-17-7-20-22)11-3-2-10(15)4-12(11)16/h2-4,7-9H,5-6H2,1H3,(H,18,19,21)/p+1. The van der Waals surface area contributed by atoms with E-state index in [0.717, 1.165) is 18.4 Å². The first-order valence-corrected chi connectivity index (χ1v) is 9.18. The normalized spacial score (nSPS) is 14.3. The van der Waals surface area contributed by atoms with Crippen molar-refractivity contribution in [1.82, 2.24) is 25.0 Å². The number of benzene rings is 1. The molecule has 0 saturated carbocycles. The third-order valence-corrected chi connectivity index (χ3v) is 4.20. The second-order valence-electron chi connectivity index (χ2n) is 5.67. The molecule has 1 aromatic carbocycles. The first kappa shape index (κ1) is 18.1. The molecule has 0 aliphatic heterocycles. The molecular weight excluding hydrogens is 370 g/mol. The predicted octanol–water partition coefficient (Wildman–Crippen LogP) is 0.208. The molecule has 0 aliphatic carbocycles. The van der Waals surface area contributed by atoms with E-state index in [2.05, 4.69) is 25.3 Å². The van der Waals surface area contributed by atoms with Gasteiger partial charge in [-0.2, -0.15) is 13.5 Å². The molecule has 3 aromatic rings. The first-order chi connectivity index (χ1) is 12.3. The SMILES string of the molecule is CS(=O)(=O)OC(Cc1[nH]nc[nH+]1)(Cn1cncn1)c1ccc(F)cc1F. The number of hydrogen-bond donors (Lipinski definition) is 1. The van der Waals surface area contributed by atoms with E-state index in [1.165, 1.54) is 23.7 Å². The molecule has 0 amide bonds. The summed E-state index contributed by atoms with van der Waals surface area (Å²) in [7, 11) is -4.03. The van der Waals surface area contributed by atoms with Crippen LogP contribution in [0.15, 0.2) is 37.2 Å². The second-order valence-corrected chi connectivity index (χ2v) is 7.24. The van der Waals surface area contributed by atoms with Gasteiger partial charge in [-0.25, -0.2) is 23.4 Å². The third kappa shape index (κ3) is 4.08. The number of H-pyrrole nitrogens is 2. The molecule has 1 atom stereocenters. The van der Waals surface area contributed by atoms with E-state index in [1.54, 1.807) is 0 Å². The number of halogens is 2. The lowest BCUT2D eigenvalue weighted by molar-refractivity contribution is -0.392. The third-order valence-electron chi connectivity index (χ3n) is 3.58. The maximum absolute atomic E-state index is 14.6. The summed E-state index contributed by atoms with van der Waals surface area (Å²) in [5.74, 6) is -1.38. The first-order valence-electron chi connectivity index (χ1n) is 7.36. The summed E-state index contributed by atoms with van der Waals surface area (Å²) < 4.78 is 58.5. The number of nitrogens with zero attached hydrogens (tertiary/aromatic N) is 4. The van der Waals surface area contributed by atoms with Gasteiger partial charge in [0.25, 0.3) is 16.4 Å². The Hall–Kier alpha value is -2.73. The van der Waals surface area contributed by atoms with Crippen LogP contribution in [0, 0.1) is 11.6 Å². The van der Waals surface area contributed by atoms with Crippen LogP contribution in [0.5, 0.6) is 0 Å². The van der Waals surface area contributed by atoms with E-state index in [0.29, 0.717) is 11.9 Å². The number of rotatable bonds is 7. The lowest BCUT2D eigenvalue weighted by atomic mass is 9.89. The minimum Gasteiger partial charge on any atom is -0.256 e. The number of aromatic nitrogens is 6. The zero-order valence-electron chi connectivity index (χ0n) is 13.6. The highest BCUT2D eigenvalue weighted by Crippen LogP contribution is 2.34. The summed E-state index contributed by atoms with van der Waals surface area (Å²) in [6.45, 7) is -0.199. The van der Waals surface area contributed by atoms with E-state index in [1.807, 2.05) is 0 Å². The van der Waals surface area contributed by atoms with Crippen LogP contribution in [-0.4, -0.2) is 39.6 Å². The van der Waals surface area contributed by atoms with Crippen molar-refractivity contribution in [3.8, 4) is 0 Å². The summed E-state index contributed by atoms with van der Waals surface area (Å²) in [5, 5.41) is 10.3. The zero-order chi connectivity index (χ0) is 18.8. The van der Waals surface area contributed by atoms with E-state index in [-0.39, 0.29) is 18.5 Å². The predicted molar refractivity (Wildman–Crippen MR) is 82.8 cm³/mol. The summed E-state index contributed by atoms with van der Waals surface area (Å²) in [4.78, 5) is 6.57. The van der Waals surface area contributed by atoms with Crippen LogP contribution < -0.4 is 4.98 Å². The van der Waals surface area contributed by atoms with Crippen LogP contribution in [0.2, 0.25) is 0 Å². The minimum atomic E-state index is -4.03. The zero-order valence-corrected chi connectivity index (χ0v) is 14.4. The van der Waals surface area contributed by atoms with E-state index in [4.69, 9.17) is 4.18 Å². The van der Waals surface area contributed by atoms with Gasteiger partial charge in [0.2, 0.25) is 5.82 Å². The van der Waals surface area contributed by atoms with Crippen LogP contribution >= 0.6 is 0 Å². The summed E-state index contributed by atoms with van der Waals surface area (Å²) in [5.41, 5.74) is -1.91. The molecule has 26 heavy (non-hydrogen) atoms. The molecule has 2 N–H and O–H groups in total. The molecule has 9 nitrogen and oxygen atoms in total. The van der Waals surface area contributed by atoms with Crippen LogP contribution in [-0.2, 0) is 32.9 Å². The summed E-state index contributed by atoms with van der Waals surface area (Å²) in [6, 6.07) is 2.83. The van der Waals surface area contributed by atoms with Gasteiger partial charge in [0, 0.05) is 16.7 Å². The van der Waals surface area contributed by atoms with Crippen molar-refractivity contribution < 1.29 is 26.4 Å². The molecular formula is C14H15F2N6O3S+. The van der Waals surface area contributed by atoms with Crippen molar-refractivity contribution >= 4 is 10.1 Å². The molecule has 12 heteroatoms. The van der Waals surface area contributed by atoms with Crippen molar-refractivity contribution in [3.05, 3.63) is 60.2 Å². The Morgan fingerprint density at radius 2 is 2.19 bits per heavy atom. The van der Waals surface area contributed by atoms with Gasteiger partial charge in [0.15, 0.2) is 0 Å². The van der Waals surface area contributed by atoms with Crippen LogP contribution in [0.3, 0.4) is 0 Å². The Balaban J connectivity index is 2.18.